The number of rotatable bonds is 4. The highest BCUT2D eigenvalue weighted by atomic mass is 16.5. The van der Waals surface area contributed by atoms with Gasteiger partial charge in [-0.3, -0.25) is 4.79 Å². The fourth-order valence-corrected chi connectivity index (χ4v) is 3.02. The van der Waals surface area contributed by atoms with Crippen molar-refractivity contribution in [1.82, 2.24) is 10.2 Å². The zero-order valence-electron chi connectivity index (χ0n) is 11.7. The smallest absolute Gasteiger partial charge is 0.239 e. The number of amides is 1. The first kappa shape index (κ1) is 13.8. The van der Waals surface area contributed by atoms with E-state index in [1.54, 1.807) is 0 Å². The molecule has 2 heterocycles. The molecule has 0 aromatic heterocycles. The van der Waals surface area contributed by atoms with Crippen molar-refractivity contribution in [2.45, 2.75) is 45.6 Å². The highest BCUT2D eigenvalue weighted by molar-refractivity contribution is 5.82. The Morgan fingerprint density at radius 2 is 2.17 bits per heavy atom. The molecule has 2 fully saturated rings. The van der Waals surface area contributed by atoms with Crippen LogP contribution in [0.3, 0.4) is 0 Å². The number of carbonyl (C=O) groups excluding carboxylic acids is 1. The van der Waals surface area contributed by atoms with Crippen LogP contribution in [-0.4, -0.2) is 49.7 Å². The predicted octanol–water partition coefficient (Wildman–Crippen LogP) is 1.40. The zero-order valence-corrected chi connectivity index (χ0v) is 11.7. The van der Waals surface area contributed by atoms with Gasteiger partial charge in [-0.15, -0.1) is 0 Å². The average Bonchev–Trinajstić information content (AvgIpc) is 2.35. The quantitative estimate of drug-likeness (QED) is 0.824. The van der Waals surface area contributed by atoms with Crippen molar-refractivity contribution in [2.75, 3.05) is 32.8 Å². The molecule has 0 radical (unpaired) electrons. The number of carbonyl (C=O) groups is 1. The molecule has 2 saturated heterocycles. The third-order valence-electron chi connectivity index (χ3n) is 4.25. The Morgan fingerprint density at radius 1 is 1.44 bits per heavy atom. The summed E-state index contributed by atoms with van der Waals surface area (Å²) >= 11 is 0. The maximum atomic E-state index is 12.4. The van der Waals surface area contributed by atoms with Gasteiger partial charge in [0.15, 0.2) is 0 Å². The summed E-state index contributed by atoms with van der Waals surface area (Å²) in [5.74, 6) is 0.302. The van der Waals surface area contributed by atoms with E-state index in [-0.39, 0.29) is 11.5 Å². The molecule has 1 N–H and O–H groups in total. The van der Waals surface area contributed by atoms with E-state index in [9.17, 15) is 4.79 Å². The maximum absolute atomic E-state index is 12.4. The number of nitrogens with one attached hydrogen (secondary N) is 1. The lowest BCUT2D eigenvalue weighted by Gasteiger charge is -2.41. The topological polar surface area (TPSA) is 41.6 Å². The normalized spacial score (nSPS) is 28.4. The van der Waals surface area contributed by atoms with E-state index in [4.69, 9.17) is 4.74 Å². The largest absolute Gasteiger partial charge is 0.381 e. The monoisotopic (exact) mass is 254 g/mol. The molecular weight excluding hydrogens is 228 g/mol. The molecule has 4 heteroatoms. The molecule has 1 unspecified atom stereocenters. The molecule has 0 bridgehead atoms. The van der Waals surface area contributed by atoms with Crippen LogP contribution in [0, 0.1) is 5.41 Å². The molecule has 2 rings (SSSR count). The Morgan fingerprint density at radius 3 is 2.83 bits per heavy atom. The number of ether oxygens (including phenoxy) is 1. The van der Waals surface area contributed by atoms with E-state index >= 15 is 0 Å². The van der Waals surface area contributed by atoms with Crippen LogP contribution in [0.25, 0.3) is 0 Å². The van der Waals surface area contributed by atoms with Crippen molar-refractivity contribution >= 4 is 5.91 Å². The molecule has 0 saturated carbocycles. The molecule has 0 aromatic carbocycles. The molecule has 0 aromatic rings. The number of likely N-dealkylation sites (N-methyl/N-ethyl adjacent to an activating group) is 1. The van der Waals surface area contributed by atoms with Crippen molar-refractivity contribution in [2.24, 2.45) is 5.41 Å². The minimum Gasteiger partial charge on any atom is -0.381 e. The van der Waals surface area contributed by atoms with E-state index in [0.29, 0.717) is 5.91 Å². The molecule has 1 atom stereocenters. The second-order valence-corrected chi connectivity index (χ2v) is 5.94. The van der Waals surface area contributed by atoms with Gasteiger partial charge in [-0.2, -0.15) is 0 Å². The Labute approximate surface area is 110 Å². The first-order chi connectivity index (χ1) is 8.64. The van der Waals surface area contributed by atoms with E-state index < -0.39 is 0 Å². The van der Waals surface area contributed by atoms with Gasteiger partial charge in [-0.05, 0) is 37.6 Å². The Hall–Kier alpha value is -0.610. The average molecular weight is 254 g/mol. The van der Waals surface area contributed by atoms with Crippen molar-refractivity contribution in [3.05, 3.63) is 0 Å². The van der Waals surface area contributed by atoms with Crippen molar-refractivity contribution < 1.29 is 9.53 Å². The minimum absolute atomic E-state index is 0.0483. The first-order valence-corrected chi connectivity index (χ1v) is 7.24. The molecular formula is C14H26N2O2. The standard InChI is InChI=1S/C14H26N2O2/c1-3-15-12-5-4-8-16(13(12)17)11-14(2)6-9-18-10-7-14/h12,15H,3-11H2,1-2H3. The first-order valence-electron chi connectivity index (χ1n) is 7.24. The van der Waals surface area contributed by atoms with Gasteiger partial charge < -0.3 is 15.0 Å². The van der Waals surface area contributed by atoms with E-state index in [0.717, 1.165) is 58.5 Å². The number of hydrogen-bond acceptors (Lipinski definition) is 3. The Balaban J connectivity index is 1.93. The molecule has 0 aliphatic carbocycles. The predicted molar refractivity (Wildman–Crippen MR) is 71.4 cm³/mol. The summed E-state index contributed by atoms with van der Waals surface area (Å²) < 4.78 is 5.42. The van der Waals surface area contributed by atoms with Crippen LogP contribution < -0.4 is 5.32 Å². The third kappa shape index (κ3) is 3.23. The van der Waals surface area contributed by atoms with E-state index in [1.807, 2.05) is 0 Å². The van der Waals surface area contributed by atoms with Crippen LogP contribution in [0.5, 0.6) is 0 Å². The fourth-order valence-electron chi connectivity index (χ4n) is 3.02. The van der Waals surface area contributed by atoms with Gasteiger partial charge >= 0.3 is 0 Å². The van der Waals surface area contributed by atoms with Gasteiger partial charge in [0.2, 0.25) is 5.91 Å². The van der Waals surface area contributed by atoms with E-state index in [1.165, 1.54) is 0 Å². The molecule has 4 nitrogen and oxygen atoms in total. The lowest BCUT2D eigenvalue weighted by molar-refractivity contribution is -0.138. The highest BCUT2D eigenvalue weighted by Crippen LogP contribution is 2.31. The van der Waals surface area contributed by atoms with Crippen molar-refractivity contribution in [1.29, 1.82) is 0 Å². The number of nitrogens with zero attached hydrogens (tertiary/aromatic N) is 1. The van der Waals surface area contributed by atoms with Crippen LogP contribution in [-0.2, 0) is 9.53 Å². The number of piperidine rings is 1. The van der Waals surface area contributed by atoms with Gasteiger partial charge in [0.05, 0.1) is 6.04 Å². The molecule has 2 aliphatic heterocycles. The highest BCUT2D eigenvalue weighted by Gasteiger charge is 2.35. The summed E-state index contributed by atoms with van der Waals surface area (Å²) in [7, 11) is 0. The zero-order chi connectivity index (χ0) is 13.0. The Bertz CT molecular complexity index is 286. The third-order valence-corrected chi connectivity index (χ3v) is 4.25. The molecule has 0 spiro atoms. The summed E-state index contributed by atoms with van der Waals surface area (Å²) in [5.41, 5.74) is 0.252. The number of likely N-dealkylation sites (tertiary alicyclic amines) is 1. The summed E-state index contributed by atoms with van der Waals surface area (Å²) in [4.78, 5) is 14.4. The second-order valence-electron chi connectivity index (χ2n) is 5.94. The van der Waals surface area contributed by atoms with Gasteiger partial charge in [-0.25, -0.2) is 0 Å². The second kappa shape index (κ2) is 6.02. The van der Waals surface area contributed by atoms with Crippen LogP contribution in [0.2, 0.25) is 0 Å². The maximum Gasteiger partial charge on any atom is 0.239 e. The Kier molecular flexibility index (Phi) is 4.62. The van der Waals surface area contributed by atoms with E-state index in [2.05, 4.69) is 24.1 Å². The fraction of sp³-hybridized carbons (Fsp3) is 0.929. The van der Waals surface area contributed by atoms with Gasteiger partial charge in [0.1, 0.15) is 0 Å². The summed E-state index contributed by atoms with van der Waals surface area (Å²) in [5, 5.41) is 3.30. The van der Waals surface area contributed by atoms with Crippen LogP contribution in [0.15, 0.2) is 0 Å². The van der Waals surface area contributed by atoms with Gasteiger partial charge in [0.25, 0.3) is 0 Å². The SMILES string of the molecule is CCNC1CCCN(CC2(C)CCOCC2)C1=O. The molecule has 1 amide bonds. The van der Waals surface area contributed by atoms with Crippen LogP contribution in [0.4, 0.5) is 0 Å². The number of hydrogen-bond donors (Lipinski definition) is 1. The summed E-state index contributed by atoms with van der Waals surface area (Å²) in [6, 6.07) is 0.0483. The summed E-state index contributed by atoms with van der Waals surface area (Å²) in [6.07, 6.45) is 4.25. The lowest BCUT2D eigenvalue weighted by Crippen LogP contribution is -2.53. The van der Waals surface area contributed by atoms with Crippen LogP contribution >= 0.6 is 0 Å². The lowest BCUT2D eigenvalue weighted by atomic mass is 9.81. The molecule has 2 aliphatic rings. The summed E-state index contributed by atoms with van der Waals surface area (Å²) in [6.45, 7) is 8.74. The van der Waals surface area contributed by atoms with Gasteiger partial charge in [-0.1, -0.05) is 13.8 Å². The van der Waals surface area contributed by atoms with Crippen molar-refractivity contribution in [3.8, 4) is 0 Å². The molecule has 18 heavy (non-hydrogen) atoms. The minimum atomic E-state index is 0.0483. The molecule has 104 valence electrons. The van der Waals surface area contributed by atoms with Gasteiger partial charge in [0, 0.05) is 26.3 Å². The van der Waals surface area contributed by atoms with Crippen LogP contribution in [0.1, 0.15) is 39.5 Å². The van der Waals surface area contributed by atoms with Crippen molar-refractivity contribution in [3.63, 3.8) is 0 Å².